The monoisotopic (exact) mass is 310 g/mol. The second-order valence-electron chi connectivity index (χ2n) is 5.87. The molecule has 0 aliphatic rings. The minimum absolute atomic E-state index is 0.0522. The number of hydrogen-bond donors (Lipinski definition) is 1. The van der Waals surface area contributed by atoms with Gasteiger partial charge >= 0.3 is 0 Å². The molecule has 0 radical (unpaired) electrons. The third-order valence-electron chi connectivity index (χ3n) is 3.14. The van der Waals surface area contributed by atoms with Gasteiger partial charge in [-0.25, -0.2) is 0 Å². The zero-order valence-electron chi connectivity index (χ0n) is 13.0. The Bertz CT molecular complexity index is 525. The number of benzene rings is 1. The number of nitrogens with zero attached hydrogens (tertiary/aromatic N) is 1. The highest BCUT2D eigenvalue weighted by Gasteiger charge is 2.12. The molecule has 0 fully saturated rings. The first-order chi connectivity index (χ1) is 9.81. The van der Waals surface area contributed by atoms with Crippen molar-refractivity contribution in [1.82, 2.24) is 5.32 Å². The third-order valence-corrected chi connectivity index (χ3v) is 3.46. The standard InChI is InChI=1S/C16H23ClN2O2/c1-11(2)9-18-10-14(12(3)4)7-13-5-6-15(17)16(8-13)19(20)21/h5-8,11-12,18H,9-10H2,1-4H3. The summed E-state index contributed by atoms with van der Waals surface area (Å²) in [4.78, 5) is 10.5. The average molecular weight is 311 g/mol. The van der Waals surface area contributed by atoms with Crippen molar-refractivity contribution >= 4 is 23.4 Å². The van der Waals surface area contributed by atoms with Gasteiger partial charge < -0.3 is 5.32 Å². The molecule has 0 aromatic heterocycles. The molecule has 1 aromatic carbocycles. The van der Waals surface area contributed by atoms with E-state index in [0.717, 1.165) is 18.7 Å². The quantitative estimate of drug-likeness (QED) is 0.594. The van der Waals surface area contributed by atoms with E-state index in [2.05, 4.69) is 33.0 Å². The van der Waals surface area contributed by atoms with Crippen molar-refractivity contribution in [3.63, 3.8) is 0 Å². The molecular formula is C16H23ClN2O2. The van der Waals surface area contributed by atoms with E-state index in [1.807, 2.05) is 6.08 Å². The van der Waals surface area contributed by atoms with Crippen molar-refractivity contribution in [3.8, 4) is 0 Å². The predicted molar refractivity (Wildman–Crippen MR) is 88.6 cm³/mol. The molecule has 0 amide bonds. The van der Waals surface area contributed by atoms with E-state index in [9.17, 15) is 10.1 Å². The molecule has 0 saturated carbocycles. The van der Waals surface area contributed by atoms with Crippen molar-refractivity contribution in [2.45, 2.75) is 27.7 Å². The van der Waals surface area contributed by atoms with E-state index >= 15 is 0 Å². The van der Waals surface area contributed by atoms with E-state index < -0.39 is 4.92 Å². The Balaban J connectivity index is 2.94. The van der Waals surface area contributed by atoms with Gasteiger partial charge in [0.05, 0.1) is 4.92 Å². The van der Waals surface area contributed by atoms with Crippen LogP contribution in [0.5, 0.6) is 0 Å². The molecule has 21 heavy (non-hydrogen) atoms. The number of rotatable bonds is 7. The lowest BCUT2D eigenvalue weighted by Crippen LogP contribution is -2.23. The summed E-state index contributed by atoms with van der Waals surface area (Å²) < 4.78 is 0. The van der Waals surface area contributed by atoms with Gasteiger partial charge in [0.1, 0.15) is 5.02 Å². The highest BCUT2D eigenvalue weighted by Crippen LogP contribution is 2.26. The number of nitro groups is 1. The second-order valence-corrected chi connectivity index (χ2v) is 6.27. The fourth-order valence-corrected chi connectivity index (χ4v) is 2.09. The molecular weight excluding hydrogens is 288 g/mol. The molecule has 0 atom stereocenters. The van der Waals surface area contributed by atoms with Gasteiger partial charge in [-0.2, -0.15) is 0 Å². The summed E-state index contributed by atoms with van der Waals surface area (Å²) in [7, 11) is 0. The van der Waals surface area contributed by atoms with Crippen LogP contribution in [-0.2, 0) is 0 Å². The van der Waals surface area contributed by atoms with Crippen molar-refractivity contribution in [2.24, 2.45) is 11.8 Å². The van der Waals surface area contributed by atoms with Crippen LogP contribution in [0.2, 0.25) is 5.02 Å². The van der Waals surface area contributed by atoms with Gasteiger partial charge in [-0.3, -0.25) is 10.1 Å². The summed E-state index contributed by atoms with van der Waals surface area (Å²) in [6, 6.07) is 4.90. The van der Waals surface area contributed by atoms with E-state index in [1.165, 1.54) is 11.6 Å². The first-order valence-electron chi connectivity index (χ1n) is 7.16. The van der Waals surface area contributed by atoms with Crippen LogP contribution >= 0.6 is 11.6 Å². The summed E-state index contributed by atoms with van der Waals surface area (Å²) in [5.41, 5.74) is 1.97. The number of hydrogen-bond acceptors (Lipinski definition) is 3. The number of halogens is 1. The molecule has 0 saturated heterocycles. The van der Waals surface area contributed by atoms with E-state index in [1.54, 1.807) is 12.1 Å². The minimum atomic E-state index is -0.453. The summed E-state index contributed by atoms with van der Waals surface area (Å²) in [5, 5.41) is 14.5. The minimum Gasteiger partial charge on any atom is -0.313 e. The van der Waals surface area contributed by atoms with Crippen LogP contribution in [0, 0.1) is 22.0 Å². The molecule has 116 valence electrons. The van der Waals surface area contributed by atoms with Crippen LogP contribution in [0.15, 0.2) is 23.8 Å². The van der Waals surface area contributed by atoms with E-state index in [-0.39, 0.29) is 10.7 Å². The predicted octanol–water partition coefficient (Wildman–Crippen LogP) is 4.53. The van der Waals surface area contributed by atoms with Gasteiger partial charge in [0.15, 0.2) is 0 Å². The van der Waals surface area contributed by atoms with Gasteiger partial charge in [0.2, 0.25) is 0 Å². The maximum atomic E-state index is 10.9. The molecule has 5 heteroatoms. The SMILES string of the molecule is CC(C)CNCC(=Cc1ccc(Cl)c([N+](=O)[O-])c1)C(C)C. The Hall–Kier alpha value is -1.39. The van der Waals surface area contributed by atoms with Gasteiger partial charge in [0.25, 0.3) is 5.69 Å². The van der Waals surface area contributed by atoms with Crippen LogP contribution in [0.4, 0.5) is 5.69 Å². The number of nitro benzene ring substituents is 1. The van der Waals surface area contributed by atoms with Crippen molar-refractivity contribution < 1.29 is 4.92 Å². The molecule has 0 bridgehead atoms. The first-order valence-corrected chi connectivity index (χ1v) is 7.54. The molecule has 1 N–H and O–H groups in total. The van der Waals surface area contributed by atoms with Crippen molar-refractivity contribution in [2.75, 3.05) is 13.1 Å². The van der Waals surface area contributed by atoms with Gasteiger partial charge in [-0.05, 0) is 30.0 Å². The Morgan fingerprint density at radius 1 is 1.38 bits per heavy atom. The molecule has 0 aliphatic heterocycles. The fraction of sp³-hybridized carbons (Fsp3) is 0.500. The lowest BCUT2D eigenvalue weighted by Gasteiger charge is -2.14. The summed E-state index contributed by atoms with van der Waals surface area (Å²) in [6.45, 7) is 10.3. The van der Waals surface area contributed by atoms with Crippen LogP contribution < -0.4 is 5.32 Å². The highest BCUT2D eigenvalue weighted by molar-refractivity contribution is 6.32. The Morgan fingerprint density at radius 3 is 2.57 bits per heavy atom. The Morgan fingerprint density at radius 2 is 2.05 bits per heavy atom. The van der Waals surface area contributed by atoms with Crippen molar-refractivity contribution in [3.05, 3.63) is 44.5 Å². The second kappa shape index (κ2) is 8.15. The van der Waals surface area contributed by atoms with E-state index in [0.29, 0.717) is 11.8 Å². The van der Waals surface area contributed by atoms with Crippen LogP contribution in [0.3, 0.4) is 0 Å². The summed E-state index contributed by atoms with van der Waals surface area (Å²) in [5.74, 6) is 0.967. The van der Waals surface area contributed by atoms with Gasteiger partial charge in [-0.15, -0.1) is 0 Å². The zero-order chi connectivity index (χ0) is 16.0. The van der Waals surface area contributed by atoms with Crippen LogP contribution in [-0.4, -0.2) is 18.0 Å². The maximum absolute atomic E-state index is 10.9. The lowest BCUT2D eigenvalue weighted by molar-refractivity contribution is -0.384. The smallest absolute Gasteiger partial charge is 0.288 e. The van der Waals surface area contributed by atoms with Gasteiger partial charge in [-0.1, -0.05) is 57.0 Å². The lowest BCUT2D eigenvalue weighted by atomic mass is 10.00. The first kappa shape index (κ1) is 17.7. The largest absolute Gasteiger partial charge is 0.313 e. The van der Waals surface area contributed by atoms with Crippen LogP contribution in [0.1, 0.15) is 33.3 Å². The molecule has 0 spiro atoms. The molecule has 4 nitrogen and oxygen atoms in total. The average Bonchev–Trinajstić information content (AvgIpc) is 2.38. The van der Waals surface area contributed by atoms with E-state index in [4.69, 9.17) is 11.6 Å². The molecule has 0 unspecified atom stereocenters. The molecule has 0 heterocycles. The topological polar surface area (TPSA) is 55.2 Å². The van der Waals surface area contributed by atoms with Gasteiger partial charge in [0, 0.05) is 12.6 Å². The van der Waals surface area contributed by atoms with Crippen LogP contribution in [0.25, 0.3) is 6.08 Å². The summed E-state index contributed by atoms with van der Waals surface area (Å²) in [6.07, 6.45) is 2.00. The highest BCUT2D eigenvalue weighted by atomic mass is 35.5. The normalized spacial score (nSPS) is 12.2. The maximum Gasteiger partial charge on any atom is 0.288 e. The fourth-order valence-electron chi connectivity index (χ4n) is 1.90. The Kier molecular flexibility index (Phi) is 6.85. The Labute approximate surface area is 131 Å². The molecule has 0 aliphatic carbocycles. The molecule has 1 aromatic rings. The third kappa shape index (κ3) is 5.86. The molecule has 1 rings (SSSR count). The summed E-state index contributed by atoms with van der Waals surface area (Å²) >= 11 is 5.83. The number of nitrogens with one attached hydrogen (secondary N) is 1. The van der Waals surface area contributed by atoms with Crippen molar-refractivity contribution in [1.29, 1.82) is 0 Å². The zero-order valence-corrected chi connectivity index (χ0v) is 13.8.